The first kappa shape index (κ1) is 21.6. The monoisotopic (exact) mass is 452 g/mol. The van der Waals surface area contributed by atoms with Gasteiger partial charge in [0.2, 0.25) is 0 Å². The zero-order valence-corrected chi connectivity index (χ0v) is 18.1. The van der Waals surface area contributed by atoms with Crippen LogP contribution < -0.4 is 4.74 Å². The van der Waals surface area contributed by atoms with Crippen LogP contribution in [0.25, 0.3) is 10.2 Å². The Balaban J connectivity index is 1.39. The molecular weight excluding hydrogens is 429 g/mol. The van der Waals surface area contributed by atoms with Crippen molar-refractivity contribution in [1.82, 2.24) is 19.6 Å². The van der Waals surface area contributed by atoms with Crippen LogP contribution in [-0.2, 0) is 19.8 Å². The van der Waals surface area contributed by atoms with E-state index in [1.165, 1.54) is 23.4 Å². The first-order valence-electron chi connectivity index (χ1n) is 10.0. The number of benzene rings is 1. The zero-order valence-electron chi connectivity index (χ0n) is 17.3. The van der Waals surface area contributed by atoms with E-state index in [1.54, 1.807) is 4.90 Å². The quantitative estimate of drug-likeness (QED) is 0.587. The van der Waals surface area contributed by atoms with Crippen molar-refractivity contribution in [2.75, 3.05) is 32.8 Å². The number of ether oxygens (including phenoxy) is 1. The van der Waals surface area contributed by atoms with E-state index < -0.39 is 11.9 Å². The molecule has 0 bridgehead atoms. The van der Waals surface area contributed by atoms with Gasteiger partial charge >= 0.3 is 6.18 Å². The van der Waals surface area contributed by atoms with Crippen LogP contribution in [-0.4, -0.2) is 58.3 Å². The topological polar surface area (TPSA) is 50.6 Å². The van der Waals surface area contributed by atoms with Gasteiger partial charge in [-0.25, -0.2) is 0 Å². The number of rotatable bonds is 5. The Labute approximate surface area is 181 Å². The van der Waals surface area contributed by atoms with Gasteiger partial charge < -0.3 is 9.64 Å². The highest BCUT2D eigenvalue weighted by molar-refractivity contribution is 7.20. The molecule has 0 radical (unpaired) electrons. The van der Waals surface area contributed by atoms with Gasteiger partial charge in [-0.15, -0.1) is 11.3 Å². The van der Waals surface area contributed by atoms with E-state index in [0.29, 0.717) is 42.5 Å². The molecule has 1 aliphatic heterocycles. The zero-order chi connectivity index (χ0) is 22.2. The molecule has 4 rings (SSSR count). The molecule has 31 heavy (non-hydrogen) atoms. The summed E-state index contributed by atoms with van der Waals surface area (Å²) >= 11 is 1.06. The average Bonchev–Trinajstić information content (AvgIpc) is 3.30. The number of fused-ring (bicyclic) bond motifs is 1. The molecule has 1 amide bonds. The van der Waals surface area contributed by atoms with Crippen molar-refractivity contribution in [3.8, 4) is 5.75 Å². The van der Waals surface area contributed by atoms with Crippen LogP contribution in [0, 0.1) is 0 Å². The van der Waals surface area contributed by atoms with Crippen molar-refractivity contribution in [1.29, 1.82) is 0 Å². The SMILES string of the molecule is CCOc1ccc(CN2CCN(C(=O)c3cc4c(C(F)(F)F)nn(C)c4s3)CC2)cc1. The molecular formula is C21H23F3N4O2S. The Morgan fingerprint density at radius 1 is 1.16 bits per heavy atom. The van der Waals surface area contributed by atoms with E-state index in [4.69, 9.17) is 4.74 Å². The van der Waals surface area contributed by atoms with Gasteiger partial charge in [0.15, 0.2) is 5.69 Å². The number of hydrogen-bond acceptors (Lipinski definition) is 5. The number of nitrogens with zero attached hydrogens (tertiary/aromatic N) is 4. The fourth-order valence-electron chi connectivity index (χ4n) is 3.74. The highest BCUT2D eigenvalue weighted by atomic mass is 32.1. The Morgan fingerprint density at radius 2 is 1.84 bits per heavy atom. The second-order valence-electron chi connectivity index (χ2n) is 7.44. The third-order valence-electron chi connectivity index (χ3n) is 5.29. The predicted molar refractivity (Wildman–Crippen MR) is 112 cm³/mol. The summed E-state index contributed by atoms with van der Waals surface area (Å²) in [7, 11) is 1.46. The number of carbonyl (C=O) groups excluding carboxylic acids is 1. The van der Waals surface area contributed by atoms with E-state index in [9.17, 15) is 18.0 Å². The lowest BCUT2D eigenvalue weighted by Crippen LogP contribution is -2.48. The maximum absolute atomic E-state index is 13.2. The largest absolute Gasteiger partial charge is 0.494 e. The molecule has 1 saturated heterocycles. The number of aromatic nitrogens is 2. The van der Waals surface area contributed by atoms with Gasteiger partial charge in [0.25, 0.3) is 5.91 Å². The van der Waals surface area contributed by atoms with Crippen molar-refractivity contribution < 1.29 is 22.7 Å². The number of hydrogen-bond donors (Lipinski definition) is 0. The summed E-state index contributed by atoms with van der Waals surface area (Å²) in [5.41, 5.74) is 0.223. The fourth-order valence-corrected chi connectivity index (χ4v) is 4.78. The number of amides is 1. The van der Waals surface area contributed by atoms with Crippen molar-refractivity contribution in [2.45, 2.75) is 19.6 Å². The molecule has 0 spiro atoms. The van der Waals surface area contributed by atoms with Crippen molar-refractivity contribution in [3.63, 3.8) is 0 Å². The summed E-state index contributed by atoms with van der Waals surface area (Å²) in [5, 5.41) is 3.55. The van der Waals surface area contributed by atoms with Gasteiger partial charge in [-0.2, -0.15) is 18.3 Å². The molecule has 6 nitrogen and oxygen atoms in total. The van der Waals surface area contributed by atoms with Crippen LogP contribution in [0.2, 0.25) is 0 Å². The molecule has 1 aliphatic rings. The Bertz CT molecular complexity index is 1070. The molecule has 1 aromatic carbocycles. The third-order valence-corrected chi connectivity index (χ3v) is 6.48. The second-order valence-corrected chi connectivity index (χ2v) is 8.48. The number of halogens is 3. The minimum Gasteiger partial charge on any atom is -0.494 e. The van der Waals surface area contributed by atoms with E-state index in [-0.39, 0.29) is 11.3 Å². The maximum Gasteiger partial charge on any atom is 0.435 e. The van der Waals surface area contributed by atoms with Crippen molar-refractivity contribution in [2.24, 2.45) is 7.05 Å². The van der Waals surface area contributed by atoms with Gasteiger partial charge in [-0.1, -0.05) is 12.1 Å². The minimum atomic E-state index is -4.55. The number of carbonyl (C=O) groups is 1. The van der Waals surface area contributed by atoms with Gasteiger partial charge in [0.1, 0.15) is 10.6 Å². The molecule has 0 unspecified atom stereocenters. The van der Waals surface area contributed by atoms with E-state index >= 15 is 0 Å². The summed E-state index contributed by atoms with van der Waals surface area (Å²) < 4.78 is 46.2. The van der Waals surface area contributed by atoms with Crippen LogP contribution in [0.3, 0.4) is 0 Å². The van der Waals surface area contributed by atoms with Crippen molar-refractivity contribution in [3.05, 3.63) is 46.5 Å². The molecule has 1 fully saturated rings. The van der Waals surface area contributed by atoms with E-state index in [2.05, 4.69) is 10.00 Å². The summed E-state index contributed by atoms with van der Waals surface area (Å²) in [5.74, 6) is 0.615. The van der Waals surface area contributed by atoms with Gasteiger partial charge in [0, 0.05) is 45.2 Å². The molecule has 0 aliphatic carbocycles. The van der Waals surface area contributed by atoms with Crippen LogP contribution >= 0.6 is 11.3 Å². The predicted octanol–water partition coefficient (Wildman–Crippen LogP) is 4.01. The van der Waals surface area contributed by atoms with Crippen molar-refractivity contribution >= 4 is 27.5 Å². The van der Waals surface area contributed by atoms with Gasteiger partial charge in [-0.3, -0.25) is 14.4 Å². The third kappa shape index (κ3) is 4.54. The molecule has 0 atom stereocenters. The number of aryl methyl sites for hydroxylation is 1. The fraction of sp³-hybridized carbons (Fsp3) is 0.429. The van der Waals surface area contributed by atoms with Gasteiger partial charge in [-0.05, 0) is 30.7 Å². The molecule has 0 saturated carbocycles. The summed E-state index contributed by atoms with van der Waals surface area (Å²) in [4.78, 5) is 17.5. The number of thiophene rings is 1. The van der Waals surface area contributed by atoms with Crippen LogP contribution in [0.4, 0.5) is 13.2 Å². The minimum absolute atomic E-state index is 0.0162. The normalized spacial score (nSPS) is 15.6. The molecule has 3 aromatic rings. The number of piperazine rings is 1. The molecule has 166 valence electrons. The Morgan fingerprint density at radius 3 is 2.45 bits per heavy atom. The maximum atomic E-state index is 13.2. The molecule has 0 N–H and O–H groups in total. The molecule has 2 aromatic heterocycles. The lowest BCUT2D eigenvalue weighted by Gasteiger charge is -2.34. The molecule has 10 heteroatoms. The standard InChI is InChI=1S/C21H23F3N4O2S/c1-3-30-15-6-4-14(5-7-15)13-27-8-10-28(11-9-27)19(29)17-12-16-18(21(22,23)24)25-26(2)20(16)31-17/h4-7,12H,3,8-11,13H2,1-2H3. The Kier molecular flexibility index (Phi) is 5.94. The summed E-state index contributed by atoms with van der Waals surface area (Å²) in [6.07, 6.45) is -4.55. The van der Waals surface area contributed by atoms with Crippen LogP contribution in [0.5, 0.6) is 5.75 Å². The average molecular weight is 453 g/mol. The lowest BCUT2D eigenvalue weighted by atomic mass is 10.2. The smallest absolute Gasteiger partial charge is 0.435 e. The molecule has 3 heterocycles. The van der Waals surface area contributed by atoms with E-state index in [1.807, 2.05) is 31.2 Å². The summed E-state index contributed by atoms with van der Waals surface area (Å²) in [6, 6.07) is 9.29. The highest BCUT2D eigenvalue weighted by Crippen LogP contribution is 2.37. The highest BCUT2D eigenvalue weighted by Gasteiger charge is 2.38. The van der Waals surface area contributed by atoms with Crippen LogP contribution in [0.1, 0.15) is 27.9 Å². The lowest BCUT2D eigenvalue weighted by molar-refractivity contribution is -0.140. The Hall–Kier alpha value is -2.59. The van der Waals surface area contributed by atoms with Crippen LogP contribution in [0.15, 0.2) is 30.3 Å². The first-order valence-corrected chi connectivity index (χ1v) is 10.8. The van der Waals surface area contributed by atoms with E-state index in [0.717, 1.165) is 23.6 Å². The first-order chi connectivity index (χ1) is 14.8. The number of alkyl halides is 3. The van der Waals surface area contributed by atoms with Gasteiger partial charge in [0.05, 0.1) is 11.5 Å². The second kappa shape index (κ2) is 8.51. The summed E-state index contributed by atoms with van der Waals surface area (Å²) in [6.45, 7) is 5.84.